The standard InChI is InChI=1S/C52H38N2S/c1-4-15-34(16-5-1)35-27-29-37(30-28-35)51-53-46(36-17-6-2-7-18-36)33-47(54-51)43-24-13-23-41-40-22-12-21-39(49(40)55-50(41)43)38-20-14-26-45-48(38)42-19-8-9-25-44(42)52(45)31-10-3-11-32-52/h1-2,4-9,12-30,33H,3,10-11,31-32H2. The average Bonchev–Trinajstić information content (AvgIpc) is 3.78. The van der Waals surface area contributed by atoms with Crippen molar-refractivity contribution < 1.29 is 0 Å². The molecule has 2 aliphatic rings. The molecule has 2 aromatic heterocycles. The van der Waals surface area contributed by atoms with E-state index >= 15 is 0 Å². The number of hydrogen-bond acceptors (Lipinski definition) is 3. The fourth-order valence-electron chi connectivity index (χ4n) is 9.57. The maximum atomic E-state index is 5.32. The molecule has 55 heavy (non-hydrogen) atoms. The van der Waals surface area contributed by atoms with Crippen LogP contribution in [0.25, 0.3) is 87.5 Å². The van der Waals surface area contributed by atoms with E-state index in [2.05, 4.69) is 170 Å². The van der Waals surface area contributed by atoms with Crippen LogP contribution in [-0.4, -0.2) is 9.97 Å². The second-order valence-electron chi connectivity index (χ2n) is 15.2. The Labute approximate surface area is 325 Å². The summed E-state index contributed by atoms with van der Waals surface area (Å²) in [5.74, 6) is 0.727. The van der Waals surface area contributed by atoms with E-state index in [1.54, 1.807) is 0 Å². The summed E-state index contributed by atoms with van der Waals surface area (Å²) in [4.78, 5) is 10.5. The third-order valence-electron chi connectivity index (χ3n) is 12.1. The van der Waals surface area contributed by atoms with Crippen molar-refractivity contribution >= 4 is 31.5 Å². The first-order valence-corrected chi connectivity index (χ1v) is 20.4. The van der Waals surface area contributed by atoms with Crippen molar-refractivity contribution in [1.29, 1.82) is 0 Å². The molecule has 0 bridgehead atoms. The molecule has 7 aromatic carbocycles. The fraction of sp³-hybridized carbons (Fsp3) is 0.115. The predicted octanol–water partition coefficient (Wildman–Crippen LogP) is 14.4. The van der Waals surface area contributed by atoms with Gasteiger partial charge in [0.25, 0.3) is 0 Å². The van der Waals surface area contributed by atoms with Gasteiger partial charge in [-0.25, -0.2) is 9.97 Å². The highest BCUT2D eigenvalue weighted by atomic mass is 32.1. The van der Waals surface area contributed by atoms with E-state index < -0.39 is 0 Å². The molecule has 1 spiro atoms. The molecule has 0 unspecified atom stereocenters. The third-order valence-corrected chi connectivity index (χ3v) is 13.4. The second-order valence-corrected chi connectivity index (χ2v) is 16.2. The summed E-state index contributed by atoms with van der Waals surface area (Å²) in [6.45, 7) is 0. The Balaban J connectivity index is 1.09. The van der Waals surface area contributed by atoms with E-state index in [4.69, 9.17) is 9.97 Å². The number of benzene rings is 7. The number of hydrogen-bond donors (Lipinski definition) is 0. The number of nitrogens with zero attached hydrogens (tertiary/aromatic N) is 2. The van der Waals surface area contributed by atoms with Crippen molar-refractivity contribution in [2.24, 2.45) is 0 Å². The van der Waals surface area contributed by atoms with Gasteiger partial charge in [0.15, 0.2) is 5.82 Å². The van der Waals surface area contributed by atoms with Crippen molar-refractivity contribution in [2.75, 3.05) is 0 Å². The van der Waals surface area contributed by atoms with Gasteiger partial charge in [-0.05, 0) is 57.9 Å². The summed E-state index contributed by atoms with van der Waals surface area (Å²) in [7, 11) is 0. The van der Waals surface area contributed by atoms with Crippen LogP contribution in [-0.2, 0) is 5.41 Å². The molecule has 11 rings (SSSR count). The quantitative estimate of drug-likeness (QED) is 0.177. The van der Waals surface area contributed by atoms with Gasteiger partial charge in [-0.3, -0.25) is 0 Å². The highest BCUT2D eigenvalue weighted by Gasteiger charge is 2.44. The molecule has 0 saturated heterocycles. The minimum absolute atomic E-state index is 0.129. The molecule has 0 amide bonds. The SMILES string of the molecule is c1ccc(-c2ccc(-c3nc(-c4ccccc4)cc(-c4cccc5c4sc4c(-c6cccc7c6-c6ccccc6C76CCCCC6)cccc45)n3)cc2)cc1. The topological polar surface area (TPSA) is 25.8 Å². The molecule has 2 heterocycles. The number of fused-ring (bicyclic) bond motifs is 8. The summed E-state index contributed by atoms with van der Waals surface area (Å²) in [5, 5.41) is 2.56. The first kappa shape index (κ1) is 32.3. The van der Waals surface area contributed by atoms with Crippen LogP contribution in [0, 0.1) is 0 Å². The molecule has 1 saturated carbocycles. The maximum absolute atomic E-state index is 5.32. The summed E-state index contributed by atoms with van der Waals surface area (Å²) in [6.07, 6.45) is 6.40. The molecule has 9 aromatic rings. The van der Waals surface area contributed by atoms with E-state index in [0.717, 1.165) is 33.9 Å². The average molecular weight is 723 g/mol. The van der Waals surface area contributed by atoms with Gasteiger partial charge in [-0.1, -0.05) is 183 Å². The zero-order chi connectivity index (χ0) is 36.3. The molecule has 2 aliphatic carbocycles. The van der Waals surface area contributed by atoms with Crippen LogP contribution >= 0.6 is 11.3 Å². The molecule has 0 N–H and O–H groups in total. The summed E-state index contributed by atoms with van der Waals surface area (Å²) in [5.41, 5.74) is 16.2. The monoisotopic (exact) mass is 722 g/mol. The Morgan fingerprint density at radius 1 is 0.400 bits per heavy atom. The molecule has 0 atom stereocenters. The zero-order valence-corrected chi connectivity index (χ0v) is 31.3. The molecule has 0 aliphatic heterocycles. The molecule has 3 heteroatoms. The van der Waals surface area contributed by atoms with E-state index in [0.29, 0.717) is 0 Å². The van der Waals surface area contributed by atoms with E-state index in [1.165, 1.54) is 96.8 Å². The van der Waals surface area contributed by atoms with E-state index in [-0.39, 0.29) is 5.41 Å². The Hall–Kier alpha value is -6.16. The Morgan fingerprint density at radius 3 is 1.71 bits per heavy atom. The lowest BCUT2D eigenvalue weighted by atomic mass is 9.68. The van der Waals surface area contributed by atoms with Crippen LogP contribution in [0.3, 0.4) is 0 Å². The van der Waals surface area contributed by atoms with Gasteiger partial charge in [0.05, 0.1) is 11.4 Å². The van der Waals surface area contributed by atoms with E-state index in [9.17, 15) is 0 Å². The van der Waals surface area contributed by atoms with Crippen LogP contribution in [0.2, 0.25) is 0 Å². The smallest absolute Gasteiger partial charge is 0.160 e. The van der Waals surface area contributed by atoms with Crippen molar-refractivity contribution in [1.82, 2.24) is 9.97 Å². The van der Waals surface area contributed by atoms with Gasteiger partial charge in [-0.15, -0.1) is 11.3 Å². The van der Waals surface area contributed by atoms with Crippen LogP contribution in [0.15, 0.2) is 170 Å². The lowest BCUT2D eigenvalue weighted by Crippen LogP contribution is -2.27. The molecule has 0 radical (unpaired) electrons. The molecule has 1 fully saturated rings. The number of thiophene rings is 1. The van der Waals surface area contributed by atoms with Gasteiger partial charge in [0, 0.05) is 47.8 Å². The van der Waals surface area contributed by atoms with Gasteiger partial charge in [-0.2, -0.15) is 0 Å². The first-order chi connectivity index (χ1) is 27.2. The molecular formula is C52H38N2S. The van der Waals surface area contributed by atoms with Crippen LogP contribution in [0.1, 0.15) is 43.2 Å². The van der Waals surface area contributed by atoms with Gasteiger partial charge in [0.1, 0.15) is 0 Å². The summed E-state index contributed by atoms with van der Waals surface area (Å²) < 4.78 is 2.58. The fourth-order valence-corrected chi connectivity index (χ4v) is 10.9. The van der Waals surface area contributed by atoms with Crippen molar-refractivity contribution in [3.8, 4) is 67.3 Å². The number of rotatable bonds is 5. The van der Waals surface area contributed by atoms with Gasteiger partial charge >= 0.3 is 0 Å². The predicted molar refractivity (Wildman–Crippen MR) is 231 cm³/mol. The third kappa shape index (κ3) is 5.21. The lowest BCUT2D eigenvalue weighted by Gasteiger charge is -2.36. The van der Waals surface area contributed by atoms with Crippen LogP contribution in [0.5, 0.6) is 0 Å². The zero-order valence-electron chi connectivity index (χ0n) is 30.5. The van der Waals surface area contributed by atoms with Crippen LogP contribution in [0.4, 0.5) is 0 Å². The van der Waals surface area contributed by atoms with Gasteiger partial charge < -0.3 is 0 Å². The largest absolute Gasteiger partial charge is 0.228 e. The first-order valence-electron chi connectivity index (χ1n) is 19.5. The maximum Gasteiger partial charge on any atom is 0.160 e. The van der Waals surface area contributed by atoms with Crippen molar-refractivity contribution in [2.45, 2.75) is 37.5 Å². The minimum Gasteiger partial charge on any atom is -0.228 e. The molecule has 262 valence electrons. The van der Waals surface area contributed by atoms with E-state index in [1.807, 2.05) is 11.3 Å². The minimum atomic E-state index is 0.129. The van der Waals surface area contributed by atoms with Gasteiger partial charge in [0.2, 0.25) is 0 Å². The Kier molecular flexibility index (Phi) is 7.63. The Bertz CT molecular complexity index is 2880. The highest BCUT2D eigenvalue weighted by molar-refractivity contribution is 7.26. The summed E-state index contributed by atoms with van der Waals surface area (Å²) in [6, 6.07) is 61.8. The molecule has 2 nitrogen and oxygen atoms in total. The van der Waals surface area contributed by atoms with Crippen LogP contribution < -0.4 is 0 Å². The highest BCUT2D eigenvalue weighted by Crippen LogP contribution is 2.58. The Morgan fingerprint density at radius 2 is 0.945 bits per heavy atom. The molecular weight excluding hydrogens is 685 g/mol. The number of aromatic nitrogens is 2. The normalized spacial score (nSPS) is 14.3. The second kappa shape index (κ2) is 13.0. The lowest BCUT2D eigenvalue weighted by molar-refractivity contribution is 0.353. The van der Waals surface area contributed by atoms with Crippen molar-refractivity contribution in [3.05, 3.63) is 181 Å². The van der Waals surface area contributed by atoms with Crippen molar-refractivity contribution in [3.63, 3.8) is 0 Å². The summed E-state index contributed by atoms with van der Waals surface area (Å²) >= 11 is 1.90.